The maximum absolute atomic E-state index is 14.4. The van der Waals surface area contributed by atoms with Crippen LogP contribution in [0.1, 0.15) is 0 Å². The molecule has 4 heterocycles. The maximum Gasteiger partial charge on any atom is 0.300 e. The number of benzene rings is 1. The quantitative estimate of drug-likeness (QED) is 0.305. The van der Waals surface area contributed by atoms with Crippen molar-refractivity contribution in [1.82, 2.24) is 19.3 Å². The van der Waals surface area contributed by atoms with Crippen molar-refractivity contribution in [2.24, 2.45) is 0 Å². The van der Waals surface area contributed by atoms with Gasteiger partial charge in [0.25, 0.3) is 15.6 Å². The van der Waals surface area contributed by atoms with Crippen molar-refractivity contribution in [2.75, 3.05) is 51.3 Å². The summed E-state index contributed by atoms with van der Waals surface area (Å²) in [6.45, 7) is 3.83. The maximum atomic E-state index is 14.4. The van der Waals surface area contributed by atoms with Gasteiger partial charge in [-0.1, -0.05) is 11.6 Å². The van der Waals surface area contributed by atoms with E-state index in [9.17, 15) is 22.0 Å². The summed E-state index contributed by atoms with van der Waals surface area (Å²) < 4.78 is 73.6. The molecule has 41 heavy (non-hydrogen) atoms. The van der Waals surface area contributed by atoms with Gasteiger partial charge in [-0.25, -0.2) is 27.2 Å². The summed E-state index contributed by atoms with van der Waals surface area (Å²) in [4.78, 5) is 22.8. The molecule has 11 nitrogen and oxygen atoms in total. The van der Waals surface area contributed by atoms with Gasteiger partial charge in [-0.15, -0.1) is 0 Å². The van der Waals surface area contributed by atoms with Gasteiger partial charge in [0.2, 0.25) is 11.6 Å². The van der Waals surface area contributed by atoms with Crippen molar-refractivity contribution in [3.8, 4) is 22.8 Å². The highest BCUT2D eigenvalue weighted by Gasteiger charge is 2.26. The molecule has 1 N–H and O–H groups in total. The Morgan fingerprint density at radius 2 is 1.88 bits per heavy atom. The van der Waals surface area contributed by atoms with E-state index in [2.05, 4.69) is 19.6 Å². The van der Waals surface area contributed by atoms with Crippen molar-refractivity contribution in [1.29, 1.82) is 0 Å². The first kappa shape index (κ1) is 28.7. The average Bonchev–Trinajstić information content (AvgIpc) is 2.94. The topological polar surface area (TPSA) is 124 Å². The number of rotatable bonds is 9. The molecule has 1 saturated heterocycles. The number of sulfonamides is 1. The molecule has 1 aliphatic rings. The van der Waals surface area contributed by atoms with Gasteiger partial charge in [0.15, 0.2) is 0 Å². The van der Waals surface area contributed by atoms with Gasteiger partial charge in [0.1, 0.15) is 34.5 Å². The van der Waals surface area contributed by atoms with Gasteiger partial charge in [-0.2, -0.15) is 0 Å². The molecule has 0 atom stereocenters. The third-order valence-electron chi connectivity index (χ3n) is 6.29. The van der Waals surface area contributed by atoms with Crippen LogP contribution in [0.25, 0.3) is 16.8 Å². The van der Waals surface area contributed by atoms with E-state index in [1.807, 2.05) is 0 Å². The Bertz CT molecular complexity index is 1740. The summed E-state index contributed by atoms with van der Waals surface area (Å²) in [6.07, 6.45) is 4.29. The smallest absolute Gasteiger partial charge is 0.300 e. The number of morpholine rings is 1. The van der Waals surface area contributed by atoms with E-state index >= 15 is 0 Å². The number of anilines is 1. The van der Waals surface area contributed by atoms with Crippen LogP contribution in [0.5, 0.6) is 11.6 Å². The minimum Gasteiger partial charge on any atom is -0.485 e. The Kier molecular flexibility index (Phi) is 8.35. The van der Waals surface area contributed by atoms with Crippen LogP contribution in [0.3, 0.4) is 0 Å². The molecule has 3 aromatic heterocycles. The molecule has 216 valence electrons. The Balaban J connectivity index is 1.43. The van der Waals surface area contributed by atoms with Gasteiger partial charge in [0, 0.05) is 49.2 Å². The number of hydrogen-bond acceptors (Lipinski definition) is 9. The van der Waals surface area contributed by atoms with Crippen LogP contribution in [0.2, 0.25) is 5.02 Å². The summed E-state index contributed by atoms with van der Waals surface area (Å²) >= 11 is 5.84. The second-order valence-electron chi connectivity index (χ2n) is 8.96. The fourth-order valence-corrected chi connectivity index (χ4v) is 5.93. The zero-order chi connectivity index (χ0) is 29.1. The summed E-state index contributed by atoms with van der Waals surface area (Å²) in [6, 6.07) is 5.76. The van der Waals surface area contributed by atoms with Crippen LogP contribution in [-0.2, 0) is 14.8 Å². The number of ether oxygens (including phenoxy) is 3. The lowest BCUT2D eigenvalue weighted by Gasteiger charge is -2.26. The van der Waals surface area contributed by atoms with Crippen LogP contribution < -0.4 is 19.8 Å². The number of methoxy groups -OCH3 is 1. The Hall–Kier alpha value is -3.85. The Labute approximate surface area is 238 Å². The molecule has 0 saturated carbocycles. The van der Waals surface area contributed by atoms with Crippen molar-refractivity contribution in [3.05, 3.63) is 75.9 Å². The minimum atomic E-state index is -4.62. The molecule has 5 rings (SSSR count). The predicted molar refractivity (Wildman–Crippen MR) is 146 cm³/mol. The lowest BCUT2D eigenvalue weighted by Crippen LogP contribution is -2.38. The van der Waals surface area contributed by atoms with Gasteiger partial charge in [0.05, 0.1) is 31.5 Å². The van der Waals surface area contributed by atoms with E-state index in [1.165, 1.54) is 36.2 Å². The lowest BCUT2D eigenvalue weighted by molar-refractivity contribution is 0.0321. The summed E-state index contributed by atoms with van der Waals surface area (Å²) in [5.74, 6) is -2.44. The summed E-state index contributed by atoms with van der Waals surface area (Å²) in [7, 11) is -3.35. The first-order chi connectivity index (χ1) is 19.7. The first-order valence-corrected chi connectivity index (χ1v) is 14.2. The molecule has 0 amide bonds. The molecule has 4 aromatic rings. The average molecular weight is 608 g/mol. The monoisotopic (exact) mass is 607 g/mol. The van der Waals surface area contributed by atoms with Gasteiger partial charge in [-0.05, 0) is 24.3 Å². The van der Waals surface area contributed by atoms with Crippen LogP contribution in [0.15, 0.2) is 58.6 Å². The summed E-state index contributed by atoms with van der Waals surface area (Å²) in [5, 5.41) is -0.637. The van der Waals surface area contributed by atoms with E-state index in [4.69, 9.17) is 25.8 Å². The number of hydrogen-bond donors (Lipinski definition) is 1. The molecule has 0 spiro atoms. The number of nitrogens with zero attached hydrogens (tertiary/aromatic N) is 4. The molecular formula is C26H24ClF2N5O6S. The molecule has 0 bridgehead atoms. The standard InChI is InChI=1S/C26H24ClF2N5O6S/c1-38-25-21(32-41(36,37)24-19(27)11-18(28)12-20(24)29)10-17(13-31-25)16-2-3-23-30-14-22(26(35)34(23)15-16)40-9-6-33-4-7-39-8-5-33/h2-3,10-15,32H,4-9H2,1H3. The van der Waals surface area contributed by atoms with E-state index in [0.717, 1.165) is 13.1 Å². The molecule has 0 radical (unpaired) electrons. The molecule has 0 unspecified atom stereocenters. The molecular weight excluding hydrogens is 584 g/mol. The molecule has 0 aliphatic carbocycles. The number of aromatic nitrogens is 3. The SMILES string of the molecule is COc1ncc(-c2ccc3ncc(OCCN4CCOCC4)c(=O)n3c2)cc1NS(=O)(=O)c1c(F)cc(F)cc1Cl. The Morgan fingerprint density at radius 3 is 2.61 bits per heavy atom. The first-order valence-electron chi connectivity index (χ1n) is 12.3. The third-order valence-corrected chi connectivity index (χ3v) is 8.14. The second kappa shape index (κ2) is 11.9. The highest BCUT2D eigenvalue weighted by Crippen LogP contribution is 2.33. The Morgan fingerprint density at radius 1 is 1.10 bits per heavy atom. The van der Waals surface area contributed by atoms with Crippen molar-refractivity contribution < 1.29 is 31.4 Å². The van der Waals surface area contributed by atoms with Crippen molar-refractivity contribution in [3.63, 3.8) is 0 Å². The van der Waals surface area contributed by atoms with E-state index in [0.29, 0.717) is 55.3 Å². The van der Waals surface area contributed by atoms with Crippen LogP contribution >= 0.6 is 11.6 Å². The number of pyridine rings is 2. The molecule has 1 fully saturated rings. The van der Waals surface area contributed by atoms with E-state index in [1.54, 1.807) is 12.1 Å². The zero-order valence-corrected chi connectivity index (χ0v) is 23.2. The number of halogens is 3. The summed E-state index contributed by atoms with van der Waals surface area (Å²) in [5.41, 5.74) is 0.663. The molecule has 15 heteroatoms. The highest BCUT2D eigenvalue weighted by atomic mass is 35.5. The van der Waals surface area contributed by atoms with Crippen molar-refractivity contribution >= 4 is 33.0 Å². The minimum absolute atomic E-state index is 0.0763. The second-order valence-corrected chi connectivity index (χ2v) is 11.0. The lowest BCUT2D eigenvalue weighted by atomic mass is 10.1. The fourth-order valence-electron chi connectivity index (χ4n) is 4.27. The van der Waals surface area contributed by atoms with E-state index in [-0.39, 0.29) is 17.3 Å². The molecule has 1 aliphatic heterocycles. The van der Waals surface area contributed by atoms with Crippen molar-refractivity contribution in [2.45, 2.75) is 4.90 Å². The van der Waals surface area contributed by atoms with E-state index < -0.39 is 37.1 Å². The normalized spacial score (nSPS) is 14.2. The van der Waals surface area contributed by atoms with Gasteiger partial charge >= 0.3 is 0 Å². The molecule has 1 aromatic carbocycles. The highest BCUT2D eigenvalue weighted by molar-refractivity contribution is 7.92. The predicted octanol–water partition coefficient (Wildman–Crippen LogP) is 3.21. The number of nitrogens with one attached hydrogen (secondary N) is 1. The fraction of sp³-hybridized carbons (Fsp3) is 0.269. The largest absolute Gasteiger partial charge is 0.485 e. The van der Waals surface area contributed by atoms with Gasteiger partial charge < -0.3 is 14.2 Å². The van der Waals surface area contributed by atoms with Crippen LogP contribution in [0, 0.1) is 11.6 Å². The van der Waals surface area contributed by atoms with Gasteiger partial charge in [-0.3, -0.25) is 18.8 Å². The third kappa shape index (κ3) is 6.25. The zero-order valence-electron chi connectivity index (χ0n) is 21.6. The number of fused-ring (bicyclic) bond motifs is 1. The van der Waals surface area contributed by atoms with Crippen LogP contribution in [-0.4, -0.2) is 74.3 Å². The van der Waals surface area contributed by atoms with Crippen LogP contribution in [0.4, 0.5) is 14.5 Å².